The third-order valence-electron chi connectivity index (χ3n) is 2.88. The molecule has 0 aromatic heterocycles. The molecule has 1 rings (SSSR count). The molecular formula is C10H20N2. The minimum atomic E-state index is 0.288. The van der Waals surface area contributed by atoms with Crippen molar-refractivity contribution in [1.29, 1.82) is 5.41 Å². The van der Waals surface area contributed by atoms with Gasteiger partial charge in [-0.15, -0.1) is 0 Å². The number of likely N-dealkylation sites (tertiary alicyclic amines) is 1. The van der Waals surface area contributed by atoms with E-state index in [2.05, 4.69) is 32.6 Å². The Hall–Kier alpha value is -0.530. The molecule has 0 aliphatic carbocycles. The maximum Gasteiger partial charge on any atom is 0.0960 e. The Morgan fingerprint density at radius 3 is 2.33 bits per heavy atom. The van der Waals surface area contributed by atoms with Crippen LogP contribution < -0.4 is 0 Å². The predicted octanol–water partition coefficient (Wildman–Crippen LogP) is 2.49. The molecule has 0 aromatic rings. The summed E-state index contributed by atoms with van der Waals surface area (Å²) in [5.41, 5.74) is 0.288. The standard InChI is InChI=1S/C10H20N2/c1-8(10(2,3)4)12-7-5-6-9(12)11/h8,11H,5-7H2,1-4H3. The Balaban J connectivity index is 2.63. The molecule has 2 heteroatoms. The Labute approximate surface area is 75.5 Å². The fraction of sp³-hybridized carbons (Fsp3) is 0.900. The van der Waals surface area contributed by atoms with E-state index in [-0.39, 0.29) is 5.41 Å². The minimum Gasteiger partial charge on any atom is -0.357 e. The van der Waals surface area contributed by atoms with E-state index in [0.29, 0.717) is 6.04 Å². The average Bonchev–Trinajstić information content (AvgIpc) is 2.31. The minimum absolute atomic E-state index is 0.288. The zero-order valence-electron chi connectivity index (χ0n) is 8.65. The first-order valence-corrected chi connectivity index (χ1v) is 4.77. The fourth-order valence-corrected chi connectivity index (χ4v) is 1.59. The van der Waals surface area contributed by atoms with Crippen LogP contribution in [0.5, 0.6) is 0 Å². The van der Waals surface area contributed by atoms with Gasteiger partial charge in [-0.05, 0) is 18.8 Å². The first kappa shape index (κ1) is 9.56. The zero-order chi connectivity index (χ0) is 9.35. The highest BCUT2D eigenvalue weighted by molar-refractivity contribution is 5.81. The molecule has 1 unspecified atom stereocenters. The molecule has 0 bridgehead atoms. The number of hydrogen-bond donors (Lipinski definition) is 1. The Kier molecular flexibility index (Phi) is 2.45. The second-order valence-electron chi connectivity index (χ2n) is 4.79. The van der Waals surface area contributed by atoms with Crippen molar-refractivity contribution >= 4 is 5.84 Å². The van der Waals surface area contributed by atoms with Gasteiger partial charge in [0.25, 0.3) is 0 Å². The van der Waals surface area contributed by atoms with Crippen molar-refractivity contribution in [1.82, 2.24) is 4.90 Å². The number of amidine groups is 1. The van der Waals surface area contributed by atoms with Crippen molar-refractivity contribution in [3.8, 4) is 0 Å². The van der Waals surface area contributed by atoms with Crippen LogP contribution in [0.25, 0.3) is 0 Å². The smallest absolute Gasteiger partial charge is 0.0960 e. The van der Waals surface area contributed by atoms with E-state index >= 15 is 0 Å². The first-order valence-electron chi connectivity index (χ1n) is 4.77. The lowest BCUT2D eigenvalue weighted by atomic mass is 9.87. The zero-order valence-corrected chi connectivity index (χ0v) is 8.65. The maximum atomic E-state index is 7.74. The fourth-order valence-electron chi connectivity index (χ4n) is 1.59. The lowest BCUT2D eigenvalue weighted by Gasteiger charge is -2.36. The number of hydrogen-bond acceptors (Lipinski definition) is 1. The van der Waals surface area contributed by atoms with Crippen LogP contribution in [-0.4, -0.2) is 23.3 Å². The van der Waals surface area contributed by atoms with E-state index in [1.54, 1.807) is 0 Å². The molecule has 1 heterocycles. The van der Waals surface area contributed by atoms with Gasteiger partial charge in [-0.3, -0.25) is 5.41 Å². The van der Waals surface area contributed by atoms with E-state index < -0.39 is 0 Å². The highest BCUT2D eigenvalue weighted by atomic mass is 15.2. The van der Waals surface area contributed by atoms with Gasteiger partial charge in [0.05, 0.1) is 5.84 Å². The Morgan fingerprint density at radius 1 is 1.42 bits per heavy atom. The molecule has 70 valence electrons. The summed E-state index contributed by atoms with van der Waals surface area (Å²) in [4.78, 5) is 2.24. The monoisotopic (exact) mass is 168 g/mol. The Bertz CT molecular complexity index is 179. The second kappa shape index (κ2) is 3.08. The topological polar surface area (TPSA) is 27.1 Å². The summed E-state index contributed by atoms with van der Waals surface area (Å²) in [6.07, 6.45) is 2.14. The highest BCUT2D eigenvalue weighted by Crippen LogP contribution is 2.27. The van der Waals surface area contributed by atoms with Crippen LogP contribution in [0.4, 0.5) is 0 Å². The summed E-state index contributed by atoms with van der Waals surface area (Å²) in [5.74, 6) is 0.831. The molecule has 1 fully saturated rings. The van der Waals surface area contributed by atoms with Gasteiger partial charge in [0.2, 0.25) is 0 Å². The van der Waals surface area contributed by atoms with E-state index in [1.807, 2.05) is 0 Å². The van der Waals surface area contributed by atoms with Gasteiger partial charge in [-0.25, -0.2) is 0 Å². The van der Waals surface area contributed by atoms with Crippen LogP contribution in [0, 0.1) is 10.8 Å². The highest BCUT2D eigenvalue weighted by Gasteiger charge is 2.30. The molecule has 0 radical (unpaired) electrons. The van der Waals surface area contributed by atoms with Gasteiger partial charge in [0, 0.05) is 19.0 Å². The molecule has 1 aliphatic heterocycles. The van der Waals surface area contributed by atoms with Crippen molar-refractivity contribution in [2.45, 2.75) is 46.6 Å². The molecule has 0 spiro atoms. The average molecular weight is 168 g/mol. The number of nitrogens with one attached hydrogen (secondary N) is 1. The third kappa shape index (κ3) is 1.79. The summed E-state index contributed by atoms with van der Waals surface area (Å²) in [7, 11) is 0. The summed E-state index contributed by atoms with van der Waals surface area (Å²) >= 11 is 0. The molecule has 1 aliphatic rings. The lowest BCUT2D eigenvalue weighted by molar-refractivity contribution is 0.193. The van der Waals surface area contributed by atoms with Crippen molar-refractivity contribution in [2.75, 3.05) is 6.54 Å². The molecule has 0 aromatic carbocycles. The van der Waals surface area contributed by atoms with Crippen LogP contribution in [-0.2, 0) is 0 Å². The van der Waals surface area contributed by atoms with Crippen LogP contribution >= 0.6 is 0 Å². The van der Waals surface area contributed by atoms with Gasteiger partial charge in [-0.1, -0.05) is 20.8 Å². The van der Waals surface area contributed by atoms with Crippen molar-refractivity contribution in [3.63, 3.8) is 0 Å². The molecule has 1 atom stereocenters. The number of nitrogens with zero attached hydrogens (tertiary/aromatic N) is 1. The lowest BCUT2D eigenvalue weighted by Crippen LogP contribution is -2.42. The van der Waals surface area contributed by atoms with E-state index in [0.717, 1.165) is 18.8 Å². The molecule has 1 saturated heterocycles. The van der Waals surface area contributed by atoms with Gasteiger partial charge in [-0.2, -0.15) is 0 Å². The van der Waals surface area contributed by atoms with Crippen LogP contribution in [0.3, 0.4) is 0 Å². The van der Waals surface area contributed by atoms with Crippen molar-refractivity contribution in [3.05, 3.63) is 0 Å². The van der Waals surface area contributed by atoms with Crippen LogP contribution in [0.15, 0.2) is 0 Å². The predicted molar refractivity (Wildman–Crippen MR) is 52.6 cm³/mol. The van der Waals surface area contributed by atoms with Gasteiger partial charge >= 0.3 is 0 Å². The van der Waals surface area contributed by atoms with E-state index in [1.165, 1.54) is 6.42 Å². The van der Waals surface area contributed by atoms with Crippen LogP contribution in [0.1, 0.15) is 40.5 Å². The molecule has 12 heavy (non-hydrogen) atoms. The van der Waals surface area contributed by atoms with Gasteiger partial charge in [0.1, 0.15) is 0 Å². The normalized spacial score (nSPS) is 21.7. The first-order chi connectivity index (χ1) is 5.43. The summed E-state index contributed by atoms with van der Waals surface area (Å²) in [6.45, 7) is 10.0. The third-order valence-corrected chi connectivity index (χ3v) is 2.88. The maximum absolute atomic E-state index is 7.74. The molecule has 1 N–H and O–H groups in total. The molecule has 0 amide bonds. The largest absolute Gasteiger partial charge is 0.357 e. The SMILES string of the molecule is CC(N1CCCC1=N)C(C)(C)C. The molecule has 2 nitrogen and oxygen atoms in total. The van der Waals surface area contributed by atoms with E-state index in [9.17, 15) is 0 Å². The van der Waals surface area contributed by atoms with Crippen LogP contribution in [0.2, 0.25) is 0 Å². The van der Waals surface area contributed by atoms with Gasteiger partial charge in [0.15, 0.2) is 0 Å². The summed E-state index contributed by atoms with van der Waals surface area (Å²) in [6, 6.07) is 0.493. The second-order valence-corrected chi connectivity index (χ2v) is 4.79. The molecular weight excluding hydrogens is 148 g/mol. The van der Waals surface area contributed by atoms with Crippen molar-refractivity contribution < 1.29 is 0 Å². The van der Waals surface area contributed by atoms with Crippen molar-refractivity contribution in [2.24, 2.45) is 5.41 Å². The summed E-state index contributed by atoms with van der Waals surface area (Å²) in [5, 5.41) is 7.74. The Morgan fingerprint density at radius 2 is 2.00 bits per heavy atom. The number of rotatable bonds is 1. The summed E-state index contributed by atoms with van der Waals surface area (Å²) < 4.78 is 0. The van der Waals surface area contributed by atoms with E-state index in [4.69, 9.17) is 5.41 Å². The van der Waals surface area contributed by atoms with Gasteiger partial charge < -0.3 is 4.90 Å². The molecule has 0 saturated carbocycles. The quantitative estimate of drug-likeness (QED) is 0.640.